The van der Waals surface area contributed by atoms with Crippen LogP contribution in [-0.2, 0) is 4.74 Å². The molecule has 2 fully saturated rings. The van der Waals surface area contributed by atoms with E-state index in [9.17, 15) is 9.59 Å². The van der Waals surface area contributed by atoms with Crippen LogP contribution in [0.25, 0.3) is 0 Å². The predicted octanol–water partition coefficient (Wildman–Crippen LogP) is 3.06. The molecule has 34 heavy (non-hydrogen) atoms. The van der Waals surface area contributed by atoms with E-state index >= 15 is 0 Å². The number of nitrogens with one attached hydrogen (secondary N) is 2. The van der Waals surface area contributed by atoms with E-state index in [1.165, 1.54) is 16.7 Å². The Labute approximate surface area is 200 Å². The van der Waals surface area contributed by atoms with Crippen molar-refractivity contribution in [3.63, 3.8) is 0 Å². The van der Waals surface area contributed by atoms with Gasteiger partial charge in [0.2, 0.25) is 0 Å². The quantitative estimate of drug-likeness (QED) is 0.603. The Balaban J connectivity index is 1.62. The molecule has 0 saturated carbocycles. The number of benzene rings is 1. The maximum Gasteiger partial charge on any atom is 0.324 e. The number of urea groups is 1. The molecule has 1 aromatic heterocycles. The molecule has 0 atom stereocenters. The molecule has 2 aliphatic rings. The van der Waals surface area contributed by atoms with Crippen molar-refractivity contribution in [1.82, 2.24) is 15.2 Å². The van der Waals surface area contributed by atoms with E-state index in [-0.39, 0.29) is 17.6 Å². The Morgan fingerprint density at radius 3 is 2.38 bits per heavy atom. The van der Waals surface area contributed by atoms with Crippen LogP contribution in [0.4, 0.5) is 22.0 Å². The van der Waals surface area contributed by atoms with Gasteiger partial charge in [0.15, 0.2) is 0 Å². The predicted molar refractivity (Wildman–Crippen MR) is 133 cm³/mol. The molecule has 4 N–H and O–H groups in total. The van der Waals surface area contributed by atoms with Crippen LogP contribution in [0.2, 0.25) is 0 Å². The first-order valence-corrected chi connectivity index (χ1v) is 11.9. The second-order valence-electron chi connectivity index (χ2n) is 9.11. The van der Waals surface area contributed by atoms with Crippen molar-refractivity contribution in [2.24, 2.45) is 5.73 Å². The van der Waals surface area contributed by atoms with Crippen LogP contribution in [0.5, 0.6) is 0 Å². The number of primary amides is 1. The minimum Gasteiger partial charge on any atom is -0.381 e. The van der Waals surface area contributed by atoms with E-state index < -0.39 is 5.91 Å². The fraction of sp³-hybridized carbons (Fsp3) is 0.480. The van der Waals surface area contributed by atoms with E-state index in [1.807, 2.05) is 12.1 Å². The number of hydrogen-bond donors (Lipinski definition) is 3. The monoisotopic (exact) mass is 466 g/mol. The standard InChI is InChI=1S/C25H34N6O3/c1-30(2)25(33)31(20-7-11-27-12-8-20)22-15-23(28-16-21(22)24(26)32)29-19-5-3-17(4-6-19)18-9-13-34-14-10-18/h3-6,15-16,18,20,27H,7-14H2,1-2H3,(H2,26,32)(H,28,29). The van der Waals surface area contributed by atoms with E-state index in [2.05, 4.69) is 27.8 Å². The van der Waals surface area contributed by atoms with Crippen LogP contribution in [0.15, 0.2) is 36.5 Å². The first-order valence-electron chi connectivity index (χ1n) is 11.9. The molecule has 0 spiro atoms. The zero-order valence-electron chi connectivity index (χ0n) is 19.9. The third-order valence-electron chi connectivity index (χ3n) is 6.55. The van der Waals surface area contributed by atoms with E-state index in [0.29, 0.717) is 17.4 Å². The Morgan fingerprint density at radius 2 is 1.76 bits per heavy atom. The highest BCUT2D eigenvalue weighted by molar-refractivity contribution is 6.04. The van der Waals surface area contributed by atoms with Crippen molar-refractivity contribution in [3.8, 4) is 0 Å². The van der Waals surface area contributed by atoms with Gasteiger partial charge in [-0.25, -0.2) is 9.78 Å². The maximum atomic E-state index is 13.2. The summed E-state index contributed by atoms with van der Waals surface area (Å²) in [4.78, 5) is 33.1. The summed E-state index contributed by atoms with van der Waals surface area (Å²) in [5.74, 6) is 0.461. The number of amides is 3. The van der Waals surface area contributed by atoms with Crippen molar-refractivity contribution in [1.29, 1.82) is 0 Å². The molecule has 1 aromatic carbocycles. The molecular weight excluding hydrogens is 432 g/mol. The molecule has 2 saturated heterocycles. The van der Waals surface area contributed by atoms with Crippen LogP contribution in [0, 0.1) is 0 Å². The second-order valence-corrected chi connectivity index (χ2v) is 9.11. The molecule has 0 unspecified atom stereocenters. The highest BCUT2D eigenvalue weighted by Crippen LogP contribution is 2.31. The van der Waals surface area contributed by atoms with Crippen molar-refractivity contribution >= 4 is 29.1 Å². The highest BCUT2D eigenvalue weighted by atomic mass is 16.5. The first-order chi connectivity index (χ1) is 16.4. The van der Waals surface area contributed by atoms with Gasteiger partial charge in [-0.1, -0.05) is 12.1 Å². The largest absolute Gasteiger partial charge is 0.381 e. The molecule has 0 bridgehead atoms. The third-order valence-corrected chi connectivity index (χ3v) is 6.55. The normalized spacial score (nSPS) is 17.2. The highest BCUT2D eigenvalue weighted by Gasteiger charge is 2.31. The van der Waals surface area contributed by atoms with Crippen molar-refractivity contribution in [3.05, 3.63) is 47.7 Å². The molecule has 4 rings (SSSR count). The lowest BCUT2D eigenvalue weighted by atomic mass is 9.92. The van der Waals surface area contributed by atoms with Gasteiger partial charge in [-0.3, -0.25) is 9.69 Å². The molecule has 3 amide bonds. The molecule has 2 aliphatic heterocycles. The van der Waals surface area contributed by atoms with E-state index in [4.69, 9.17) is 10.5 Å². The zero-order chi connectivity index (χ0) is 24.1. The summed E-state index contributed by atoms with van der Waals surface area (Å²) in [7, 11) is 3.42. The minimum absolute atomic E-state index is 0.0387. The smallest absolute Gasteiger partial charge is 0.324 e. The summed E-state index contributed by atoms with van der Waals surface area (Å²) in [6.07, 6.45) is 5.11. The lowest BCUT2D eigenvalue weighted by Gasteiger charge is -2.37. The van der Waals surface area contributed by atoms with E-state index in [1.54, 1.807) is 25.1 Å². The van der Waals surface area contributed by atoms with Gasteiger partial charge in [0, 0.05) is 51.3 Å². The maximum absolute atomic E-state index is 13.2. The van der Waals surface area contributed by atoms with Gasteiger partial charge in [0.05, 0.1) is 11.3 Å². The van der Waals surface area contributed by atoms with Gasteiger partial charge in [-0.05, 0) is 62.4 Å². The van der Waals surface area contributed by atoms with Crippen LogP contribution >= 0.6 is 0 Å². The lowest BCUT2D eigenvalue weighted by Crippen LogP contribution is -2.50. The zero-order valence-corrected chi connectivity index (χ0v) is 19.9. The Bertz CT molecular complexity index is 998. The summed E-state index contributed by atoms with van der Waals surface area (Å²) in [6.45, 7) is 3.23. The summed E-state index contributed by atoms with van der Waals surface area (Å²) >= 11 is 0. The number of aromatic nitrogens is 1. The SMILES string of the molecule is CN(C)C(=O)N(c1cc(Nc2ccc(C3CCOCC3)cc2)ncc1C(N)=O)C1CCNCC1. The second kappa shape index (κ2) is 10.8. The molecular formula is C25H34N6O3. The van der Waals surface area contributed by atoms with Gasteiger partial charge in [-0.2, -0.15) is 0 Å². The molecule has 2 aromatic rings. The number of carbonyl (C=O) groups is 2. The lowest BCUT2D eigenvalue weighted by molar-refractivity contribution is 0.0853. The molecule has 3 heterocycles. The number of carbonyl (C=O) groups excluding carboxylic acids is 2. The number of hydrogen-bond acceptors (Lipinski definition) is 6. The molecule has 0 aliphatic carbocycles. The van der Waals surface area contributed by atoms with Gasteiger partial charge in [0.25, 0.3) is 5.91 Å². The van der Waals surface area contributed by atoms with Gasteiger partial charge in [-0.15, -0.1) is 0 Å². The summed E-state index contributed by atoms with van der Waals surface area (Å²) in [6, 6.07) is 9.85. The molecule has 0 radical (unpaired) electrons. The van der Waals surface area contributed by atoms with Gasteiger partial charge >= 0.3 is 6.03 Å². The number of pyridine rings is 1. The van der Waals surface area contributed by atoms with Gasteiger partial charge in [0.1, 0.15) is 5.82 Å². The summed E-state index contributed by atoms with van der Waals surface area (Å²) in [5, 5.41) is 6.64. The topological polar surface area (TPSA) is 113 Å². The Morgan fingerprint density at radius 1 is 1.09 bits per heavy atom. The molecule has 9 nitrogen and oxygen atoms in total. The van der Waals surface area contributed by atoms with Crippen LogP contribution in [0.1, 0.15) is 47.5 Å². The van der Waals surface area contributed by atoms with E-state index in [0.717, 1.165) is 57.7 Å². The van der Waals surface area contributed by atoms with Gasteiger partial charge < -0.3 is 26.0 Å². The number of ether oxygens (including phenoxy) is 1. The van der Waals surface area contributed by atoms with Crippen molar-refractivity contribution in [2.75, 3.05) is 50.6 Å². The third kappa shape index (κ3) is 5.48. The first kappa shape index (κ1) is 24.0. The number of rotatable bonds is 6. The Hall–Kier alpha value is -3.17. The number of nitrogens with zero attached hydrogens (tertiary/aromatic N) is 3. The number of piperidine rings is 1. The average Bonchev–Trinajstić information content (AvgIpc) is 2.86. The molecule has 9 heteroatoms. The van der Waals surface area contributed by atoms with Crippen molar-refractivity contribution < 1.29 is 14.3 Å². The minimum atomic E-state index is -0.611. The fourth-order valence-corrected chi connectivity index (χ4v) is 4.66. The Kier molecular flexibility index (Phi) is 7.64. The number of nitrogens with two attached hydrogens (primary N) is 1. The summed E-state index contributed by atoms with van der Waals surface area (Å²) < 4.78 is 5.47. The fourth-order valence-electron chi connectivity index (χ4n) is 4.66. The molecule has 182 valence electrons. The van der Waals surface area contributed by atoms with Crippen LogP contribution in [0.3, 0.4) is 0 Å². The van der Waals surface area contributed by atoms with Crippen LogP contribution < -0.4 is 21.3 Å². The van der Waals surface area contributed by atoms with Crippen molar-refractivity contribution in [2.45, 2.75) is 37.6 Å². The summed E-state index contributed by atoms with van der Waals surface area (Å²) in [5.41, 5.74) is 8.58. The average molecular weight is 467 g/mol. The van der Waals surface area contributed by atoms with Crippen LogP contribution in [-0.4, -0.2) is 68.3 Å². The number of anilines is 3.